The molecular weight excluding hydrogens is 937 g/mol. The summed E-state index contributed by atoms with van der Waals surface area (Å²) in [4.78, 5) is 38.3. The summed E-state index contributed by atoms with van der Waals surface area (Å²) in [5.74, 6) is -0.868. The predicted octanol–water partition coefficient (Wildman–Crippen LogP) is 22.5. The van der Waals surface area contributed by atoms with Crippen molar-refractivity contribution in [3.8, 4) is 0 Å². The number of carbonyl (C=O) groups excluding carboxylic acids is 3. The summed E-state index contributed by atoms with van der Waals surface area (Å²) in [6.07, 6.45) is 83.4. The molecule has 0 aromatic carbocycles. The summed E-state index contributed by atoms with van der Waals surface area (Å²) in [5.41, 5.74) is 0. The summed E-state index contributed by atoms with van der Waals surface area (Å²) in [6, 6.07) is 0. The molecule has 6 nitrogen and oxygen atoms in total. The first-order valence-corrected chi connectivity index (χ1v) is 32.9. The second-order valence-electron chi connectivity index (χ2n) is 22.0. The van der Waals surface area contributed by atoms with Gasteiger partial charge < -0.3 is 14.2 Å². The van der Waals surface area contributed by atoms with Crippen molar-refractivity contribution in [3.05, 3.63) is 72.9 Å². The second kappa shape index (κ2) is 64.4. The minimum atomic E-state index is -0.778. The highest BCUT2D eigenvalue weighted by Crippen LogP contribution is 2.17. The van der Waals surface area contributed by atoms with Gasteiger partial charge in [-0.3, -0.25) is 14.4 Å². The van der Waals surface area contributed by atoms with E-state index in [1.165, 1.54) is 199 Å². The number of unbranched alkanes of at least 4 members (excludes halogenated alkanes) is 37. The first kappa shape index (κ1) is 72.8. The molecule has 0 saturated heterocycles. The van der Waals surface area contributed by atoms with Crippen molar-refractivity contribution in [2.24, 2.45) is 0 Å². The van der Waals surface area contributed by atoms with Crippen molar-refractivity contribution in [3.63, 3.8) is 0 Å². The summed E-state index contributed by atoms with van der Waals surface area (Å²) >= 11 is 0. The highest BCUT2D eigenvalue weighted by atomic mass is 16.6. The van der Waals surface area contributed by atoms with Crippen LogP contribution in [0.25, 0.3) is 0 Å². The average molecular weight is 1060 g/mol. The van der Waals surface area contributed by atoms with E-state index in [0.717, 1.165) is 96.3 Å². The molecule has 0 aliphatic carbocycles. The Labute approximate surface area is 472 Å². The van der Waals surface area contributed by atoms with Crippen LogP contribution in [-0.4, -0.2) is 37.2 Å². The van der Waals surface area contributed by atoms with Crippen molar-refractivity contribution >= 4 is 17.9 Å². The number of allylic oxidation sites excluding steroid dienone is 12. The molecule has 0 N–H and O–H groups in total. The monoisotopic (exact) mass is 1060 g/mol. The van der Waals surface area contributed by atoms with Gasteiger partial charge in [0.15, 0.2) is 6.10 Å². The largest absolute Gasteiger partial charge is 0.462 e. The van der Waals surface area contributed by atoms with E-state index >= 15 is 0 Å². The Kier molecular flexibility index (Phi) is 61.7. The van der Waals surface area contributed by atoms with E-state index in [2.05, 4.69) is 93.7 Å². The third-order valence-corrected chi connectivity index (χ3v) is 14.4. The lowest BCUT2D eigenvalue weighted by Crippen LogP contribution is -2.30. The van der Waals surface area contributed by atoms with E-state index in [1.807, 2.05) is 0 Å². The Morgan fingerprint density at radius 2 is 0.513 bits per heavy atom. The van der Waals surface area contributed by atoms with E-state index in [4.69, 9.17) is 14.2 Å². The molecule has 440 valence electrons. The molecule has 0 rings (SSSR count). The molecule has 0 aliphatic heterocycles. The molecule has 0 heterocycles. The minimum Gasteiger partial charge on any atom is -0.462 e. The maximum atomic E-state index is 12.9. The first-order chi connectivity index (χ1) is 37.5. The number of rotatable bonds is 60. The molecule has 6 heteroatoms. The first-order valence-electron chi connectivity index (χ1n) is 32.9. The quantitative estimate of drug-likeness (QED) is 0.0261. The Bertz CT molecular complexity index is 1400. The fourth-order valence-corrected chi connectivity index (χ4v) is 9.53. The molecule has 0 fully saturated rings. The van der Waals surface area contributed by atoms with Gasteiger partial charge >= 0.3 is 17.9 Å². The number of ether oxygens (including phenoxy) is 3. The highest BCUT2D eigenvalue weighted by Gasteiger charge is 2.19. The Balaban J connectivity index is 4.28. The molecule has 0 aliphatic rings. The van der Waals surface area contributed by atoms with Gasteiger partial charge in [-0.2, -0.15) is 0 Å². The lowest BCUT2D eigenvalue weighted by molar-refractivity contribution is -0.167. The normalized spacial score (nSPS) is 12.5. The molecule has 0 bridgehead atoms. The van der Waals surface area contributed by atoms with Gasteiger partial charge in [0.1, 0.15) is 13.2 Å². The summed E-state index contributed by atoms with van der Waals surface area (Å²) in [7, 11) is 0. The molecule has 0 spiro atoms. The third-order valence-electron chi connectivity index (χ3n) is 14.4. The standard InChI is InChI=1S/C70H124O6/c1-4-7-10-13-16-19-22-25-28-30-31-32-33-34-35-36-37-38-39-41-42-45-48-51-54-57-60-63-69(72)75-66-67(65-74-68(71)62-59-56-53-50-47-44-27-24-21-18-15-12-9-6-3)76-70(73)64-61-58-55-52-49-46-43-40-29-26-23-20-17-14-11-8-5-2/h7,10,16,19,24-25,27-28,31-32,34-35,67H,4-6,8-9,11-15,17-18,20-23,26,29-30,33,36-66H2,1-3H3/b10-7-,19-16-,27-24-,28-25-,32-31-,35-34-. The van der Waals surface area contributed by atoms with Crippen LogP contribution in [0.15, 0.2) is 72.9 Å². The van der Waals surface area contributed by atoms with E-state index in [9.17, 15) is 14.4 Å². The van der Waals surface area contributed by atoms with Crippen LogP contribution in [0.1, 0.15) is 335 Å². The molecule has 0 saturated carbocycles. The van der Waals surface area contributed by atoms with Crippen LogP contribution in [0, 0.1) is 0 Å². The molecule has 1 unspecified atom stereocenters. The second-order valence-corrected chi connectivity index (χ2v) is 22.0. The Morgan fingerprint density at radius 3 is 0.816 bits per heavy atom. The number of hydrogen-bond donors (Lipinski definition) is 0. The van der Waals surface area contributed by atoms with Crippen molar-refractivity contribution < 1.29 is 28.6 Å². The van der Waals surface area contributed by atoms with Crippen LogP contribution < -0.4 is 0 Å². The van der Waals surface area contributed by atoms with E-state index in [-0.39, 0.29) is 31.1 Å². The van der Waals surface area contributed by atoms with Crippen molar-refractivity contribution in [2.45, 2.75) is 341 Å². The van der Waals surface area contributed by atoms with Gasteiger partial charge in [0.05, 0.1) is 0 Å². The zero-order chi connectivity index (χ0) is 55.0. The van der Waals surface area contributed by atoms with Crippen LogP contribution in [0.2, 0.25) is 0 Å². The third kappa shape index (κ3) is 61.7. The predicted molar refractivity (Wildman–Crippen MR) is 330 cm³/mol. The van der Waals surface area contributed by atoms with Crippen molar-refractivity contribution in [1.29, 1.82) is 0 Å². The minimum absolute atomic E-state index is 0.0758. The Hall–Kier alpha value is -3.15. The highest BCUT2D eigenvalue weighted by molar-refractivity contribution is 5.71. The van der Waals surface area contributed by atoms with E-state index < -0.39 is 6.10 Å². The fourth-order valence-electron chi connectivity index (χ4n) is 9.53. The molecule has 0 aromatic rings. The lowest BCUT2D eigenvalue weighted by Gasteiger charge is -2.18. The molecule has 0 radical (unpaired) electrons. The summed E-state index contributed by atoms with van der Waals surface area (Å²) in [6.45, 7) is 6.55. The van der Waals surface area contributed by atoms with Gasteiger partial charge in [-0.25, -0.2) is 0 Å². The Morgan fingerprint density at radius 1 is 0.276 bits per heavy atom. The van der Waals surface area contributed by atoms with Crippen molar-refractivity contribution in [1.82, 2.24) is 0 Å². The van der Waals surface area contributed by atoms with Crippen LogP contribution in [0.3, 0.4) is 0 Å². The molecular formula is C70H124O6. The van der Waals surface area contributed by atoms with Crippen molar-refractivity contribution in [2.75, 3.05) is 13.2 Å². The van der Waals surface area contributed by atoms with Gasteiger partial charge in [0.2, 0.25) is 0 Å². The van der Waals surface area contributed by atoms with E-state index in [1.54, 1.807) is 0 Å². The molecule has 0 aromatic heterocycles. The molecule has 76 heavy (non-hydrogen) atoms. The van der Waals surface area contributed by atoms with Gasteiger partial charge in [-0.1, -0.05) is 299 Å². The van der Waals surface area contributed by atoms with Crippen LogP contribution in [0.5, 0.6) is 0 Å². The zero-order valence-electron chi connectivity index (χ0n) is 50.5. The molecule has 0 amide bonds. The number of carbonyl (C=O) groups is 3. The SMILES string of the molecule is CC/C=C\C/C=C\C/C=C\C/C=C\C/C=C\CCCCCCCCCCCCCC(=O)OCC(COC(=O)CCCCCCC/C=C\CCCCCCC)OC(=O)CCCCCCCCCCCCCCCCCCC. The van der Waals surface area contributed by atoms with Gasteiger partial charge in [-0.15, -0.1) is 0 Å². The molecule has 1 atom stereocenters. The fraction of sp³-hybridized carbons (Fsp3) is 0.786. The van der Waals surface area contributed by atoms with Crippen LogP contribution in [0.4, 0.5) is 0 Å². The van der Waals surface area contributed by atoms with Gasteiger partial charge in [-0.05, 0) is 89.9 Å². The topological polar surface area (TPSA) is 78.9 Å². The number of hydrogen-bond acceptors (Lipinski definition) is 6. The summed E-state index contributed by atoms with van der Waals surface area (Å²) < 4.78 is 16.9. The maximum absolute atomic E-state index is 12.9. The lowest BCUT2D eigenvalue weighted by atomic mass is 10.0. The van der Waals surface area contributed by atoms with Crippen LogP contribution in [-0.2, 0) is 28.6 Å². The zero-order valence-corrected chi connectivity index (χ0v) is 50.5. The number of esters is 3. The van der Waals surface area contributed by atoms with Crippen LogP contribution >= 0.6 is 0 Å². The smallest absolute Gasteiger partial charge is 0.306 e. The van der Waals surface area contributed by atoms with Gasteiger partial charge in [0, 0.05) is 19.3 Å². The maximum Gasteiger partial charge on any atom is 0.306 e. The van der Waals surface area contributed by atoms with Gasteiger partial charge in [0.25, 0.3) is 0 Å². The summed E-state index contributed by atoms with van der Waals surface area (Å²) in [5, 5.41) is 0. The van der Waals surface area contributed by atoms with E-state index in [0.29, 0.717) is 19.3 Å². The average Bonchev–Trinajstić information content (AvgIpc) is 3.42.